The highest BCUT2D eigenvalue weighted by molar-refractivity contribution is 14.0. The Bertz CT molecular complexity index is 805. The smallest absolute Gasteiger partial charge is 0.194 e. The van der Waals surface area contributed by atoms with Gasteiger partial charge in [0, 0.05) is 57.2 Å². The molecular weight excluding hydrogens is 487 g/mol. The number of aromatic nitrogens is 1. The van der Waals surface area contributed by atoms with E-state index in [4.69, 9.17) is 4.99 Å². The van der Waals surface area contributed by atoms with Crippen LogP contribution in [0.1, 0.15) is 18.2 Å². The summed E-state index contributed by atoms with van der Waals surface area (Å²) in [7, 11) is 0. The van der Waals surface area contributed by atoms with Gasteiger partial charge in [-0.2, -0.15) is 0 Å². The summed E-state index contributed by atoms with van der Waals surface area (Å²) >= 11 is 0. The summed E-state index contributed by atoms with van der Waals surface area (Å²) in [5.41, 5.74) is 2.50. The predicted molar refractivity (Wildman–Crippen MR) is 124 cm³/mol. The highest BCUT2D eigenvalue weighted by Gasteiger charge is 2.22. The zero-order chi connectivity index (χ0) is 19.9. The molecule has 1 fully saturated rings. The average Bonchev–Trinajstić information content (AvgIpc) is 2.71. The minimum absolute atomic E-state index is 0. The van der Waals surface area contributed by atoms with Crippen molar-refractivity contribution in [2.24, 2.45) is 4.99 Å². The molecule has 2 aromatic rings. The largest absolute Gasteiger partial charge is 0.366 e. The van der Waals surface area contributed by atoms with Gasteiger partial charge in [-0.25, -0.2) is 8.78 Å². The van der Waals surface area contributed by atoms with Crippen LogP contribution in [-0.2, 0) is 6.42 Å². The van der Waals surface area contributed by atoms with Crippen molar-refractivity contribution in [3.8, 4) is 0 Å². The van der Waals surface area contributed by atoms with Crippen molar-refractivity contribution in [3.05, 3.63) is 59.4 Å². The summed E-state index contributed by atoms with van der Waals surface area (Å²) in [6.45, 7) is 8.11. The Balaban J connectivity index is 0.00000300. The van der Waals surface area contributed by atoms with Crippen molar-refractivity contribution in [1.82, 2.24) is 15.2 Å². The van der Waals surface area contributed by atoms with Gasteiger partial charge >= 0.3 is 0 Å². The monoisotopic (exact) mass is 515 g/mol. The first-order chi connectivity index (χ1) is 13.6. The van der Waals surface area contributed by atoms with Gasteiger partial charge in [0.05, 0.1) is 5.69 Å². The standard InChI is InChI=1S/C21H27F2N5.HI/c1-3-24-21(25-9-8-17-5-4-16(2)26-15-17)28-12-10-27(11-13-28)20-14-18(22)6-7-19(20)23;/h4-7,14-15H,3,8-13H2,1-2H3,(H,24,25);1H. The summed E-state index contributed by atoms with van der Waals surface area (Å²) in [5, 5.41) is 3.33. The van der Waals surface area contributed by atoms with E-state index in [1.54, 1.807) is 0 Å². The Morgan fingerprint density at radius 2 is 1.90 bits per heavy atom. The van der Waals surface area contributed by atoms with Crippen LogP contribution in [0.3, 0.4) is 0 Å². The lowest BCUT2D eigenvalue weighted by Gasteiger charge is -2.37. The van der Waals surface area contributed by atoms with Crippen LogP contribution in [-0.4, -0.2) is 55.1 Å². The fourth-order valence-electron chi connectivity index (χ4n) is 3.25. The van der Waals surface area contributed by atoms with Crippen LogP contribution in [0.25, 0.3) is 0 Å². The molecule has 0 atom stereocenters. The van der Waals surface area contributed by atoms with Gasteiger partial charge in [0.1, 0.15) is 11.6 Å². The first-order valence-corrected chi connectivity index (χ1v) is 9.71. The number of aliphatic imine (C=N–C) groups is 1. The van der Waals surface area contributed by atoms with E-state index in [1.165, 1.54) is 12.1 Å². The van der Waals surface area contributed by atoms with Crippen LogP contribution in [0.5, 0.6) is 0 Å². The van der Waals surface area contributed by atoms with Gasteiger partial charge in [-0.1, -0.05) is 6.07 Å². The van der Waals surface area contributed by atoms with E-state index in [-0.39, 0.29) is 29.8 Å². The SMILES string of the molecule is CCNC(=NCCc1ccc(C)nc1)N1CCN(c2cc(F)ccc2F)CC1.I. The zero-order valence-corrected chi connectivity index (χ0v) is 19.2. The second-order valence-corrected chi connectivity index (χ2v) is 6.86. The molecule has 2 heterocycles. The van der Waals surface area contributed by atoms with Gasteiger partial charge in [0.2, 0.25) is 0 Å². The summed E-state index contributed by atoms with van der Waals surface area (Å²) in [6, 6.07) is 7.68. The van der Waals surface area contributed by atoms with E-state index in [1.807, 2.05) is 31.0 Å². The van der Waals surface area contributed by atoms with E-state index < -0.39 is 5.82 Å². The summed E-state index contributed by atoms with van der Waals surface area (Å²) < 4.78 is 27.5. The number of hydrogen-bond donors (Lipinski definition) is 1. The summed E-state index contributed by atoms with van der Waals surface area (Å²) in [5.74, 6) is 0.0587. The third-order valence-corrected chi connectivity index (χ3v) is 4.80. The van der Waals surface area contributed by atoms with Crippen molar-refractivity contribution in [2.45, 2.75) is 20.3 Å². The molecule has 1 saturated heterocycles. The van der Waals surface area contributed by atoms with Crippen LogP contribution < -0.4 is 10.2 Å². The number of guanidine groups is 1. The summed E-state index contributed by atoms with van der Waals surface area (Å²) in [6.07, 6.45) is 2.72. The van der Waals surface area contributed by atoms with Crippen molar-refractivity contribution in [1.29, 1.82) is 0 Å². The lowest BCUT2D eigenvalue weighted by molar-refractivity contribution is 0.370. The van der Waals surface area contributed by atoms with Crippen LogP contribution in [0.15, 0.2) is 41.5 Å². The Morgan fingerprint density at radius 1 is 1.14 bits per heavy atom. The number of rotatable bonds is 5. The molecule has 0 bridgehead atoms. The number of aryl methyl sites for hydroxylation is 1. The molecule has 0 saturated carbocycles. The van der Waals surface area contributed by atoms with E-state index in [0.717, 1.165) is 36.2 Å². The molecule has 1 aliphatic heterocycles. The highest BCUT2D eigenvalue weighted by Crippen LogP contribution is 2.21. The number of halogens is 3. The number of piperazine rings is 1. The molecule has 1 N–H and O–H groups in total. The normalized spacial score (nSPS) is 14.6. The number of nitrogens with one attached hydrogen (secondary N) is 1. The molecule has 0 radical (unpaired) electrons. The Morgan fingerprint density at radius 3 is 2.55 bits per heavy atom. The molecule has 1 aromatic heterocycles. The van der Waals surface area contributed by atoms with Crippen molar-refractivity contribution < 1.29 is 8.78 Å². The number of anilines is 1. The van der Waals surface area contributed by atoms with E-state index in [0.29, 0.717) is 38.4 Å². The first-order valence-electron chi connectivity index (χ1n) is 9.71. The van der Waals surface area contributed by atoms with E-state index >= 15 is 0 Å². The third-order valence-electron chi connectivity index (χ3n) is 4.80. The van der Waals surface area contributed by atoms with E-state index in [2.05, 4.69) is 21.3 Å². The first kappa shape index (κ1) is 23.3. The summed E-state index contributed by atoms with van der Waals surface area (Å²) in [4.78, 5) is 13.1. The second kappa shape index (κ2) is 11.3. The molecule has 8 heteroatoms. The molecule has 5 nitrogen and oxygen atoms in total. The molecule has 158 valence electrons. The van der Waals surface area contributed by atoms with Gasteiger partial charge in [0.25, 0.3) is 0 Å². The van der Waals surface area contributed by atoms with Crippen molar-refractivity contribution in [2.75, 3.05) is 44.2 Å². The quantitative estimate of drug-likeness (QED) is 0.376. The Labute approximate surface area is 188 Å². The van der Waals surface area contributed by atoms with Gasteiger partial charge in [-0.3, -0.25) is 9.98 Å². The molecule has 1 aliphatic rings. The number of hydrogen-bond acceptors (Lipinski definition) is 3. The van der Waals surface area contributed by atoms with Crippen LogP contribution in [0, 0.1) is 18.6 Å². The van der Waals surface area contributed by atoms with Crippen LogP contribution in [0.2, 0.25) is 0 Å². The molecular formula is C21H28F2IN5. The molecule has 3 rings (SSSR count). The van der Waals surface area contributed by atoms with Gasteiger partial charge < -0.3 is 15.1 Å². The fourth-order valence-corrected chi connectivity index (χ4v) is 3.25. The zero-order valence-electron chi connectivity index (χ0n) is 16.9. The fraction of sp³-hybridized carbons (Fsp3) is 0.429. The maximum Gasteiger partial charge on any atom is 0.194 e. The number of nitrogens with zero attached hydrogens (tertiary/aromatic N) is 4. The molecule has 0 aliphatic carbocycles. The lowest BCUT2D eigenvalue weighted by atomic mass is 10.2. The third kappa shape index (κ3) is 6.52. The highest BCUT2D eigenvalue weighted by atomic mass is 127. The maximum atomic E-state index is 14.0. The van der Waals surface area contributed by atoms with E-state index in [9.17, 15) is 8.78 Å². The molecule has 1 aromatic carbocycles. The topological polar surface area (TPSA) is 43.8 Å². The van der Waals surface area contributed by atoms with Crippen molar-refractivity contribution >= 4 is 35.6 Å². The van der Waals surface area contributed by atoms with Gasteiger partial charge in [0.15, 0.2) is 5.96 Å². The van der Waals surface area contributed by atoms with Crippen LogP contribution in [0.4, 0.5) is 14.5 Å². The number of benzene rings is 1. The van der Waals surface area contributed by atoms with Gasteiger partial charge in [-0.15, -0.1) is 24.0 Å². The van der Waals surface area contributed by atoms with Crippen molar-refractivity contribution in [3.63, 3.8) is 0 Å². The second-order valence-electron chi connectivity index (χ2n) is 6.86. The molecule has 0 unspecified atom stereocenters. The molecule has 29 heavy (non-hydrogen) atoms. The van der Waals surface area contributed by atoms with Crippen LogP contribution >= 0.6 is 24.0 Å². The number of pyridine rings is 1. The molecule has 0 amide bonds. The minimum Gasteiger partial charge on any atom is -0.366 e. The van der Waals surface area contributed by atoms with Gasteiger partial charge in [-0.05, 0) is 44.0 Å². The minimum atomic E-state index is -0.417. The maximum absolute atomic E-state index is 14.0. The average molecular weight is 515 g/mol. The lowest BCUT2D eigenvalue weighted by Crippen LogP contribution is -2.52. The Hall–Kier alpha value is -1.97. The Kier molecular flexibility index (Phi) is 9.06. The predicted octanol–water partition coefficient (Wildman–Crippen LogP) is 3.62. The molecule has 0 spiro atoms.